The largest absolute Gasteiger partial charge is 0.485 e. The molecular formula is C15H16N2O3. The molecule has 0 N–H and O–H groups in total. The predicted molar refractivity (Wildman–Crippen MR) is 72.7 cm³/mol. The van der Waals surface area contributed by atoms with Crippen LogP contribution in [0.15, 0.2) is 35.0 Å². The number of hydrogen-bond donors (Lipinski definition) is 0. The molecule has 3 heterocycles. The van der Waals surface area contributed by atoms with Gasteiger partial charge in [0.1, 0.15) is 23.4 Å². The average Bonchev–Trinajstić information content (AvgIpc) is 2.73. The Morgan fingerprint density at radius 2 is 2.25 bits per heavy atom. The van der Waals surface area contributed by atoms with Gasteiger partial charge in [0.05, 0.1) is 24.8 Å². The molecule has 20 heavy (non-hydrogen) atoms. The topological polar surface area (TPSA) is 55.6 Å². The summed E-state index contributed by atoms with van der Waals surface area (Å²) >= 11 is 0. The van der Waals surface area contributed by atoms with Gasteiger partial charge in [-0.05, 0) is 32.0 Å². The first-order valence-corrected chi connectivity index (χ1v) is 6.56. The highest BCUT2D eigenvalue weighted by molar-refractivity contribution is 5.95. The summed E-state index contributed by atoms with van der Waals surface area (Å²) in [7, 11) is 0. The third-order valence-corrected chi connectivity index (χ3v) is 3.34. The van der Waals surface area contributed by atoms with E-state index in [9.17, 15) is 4.79 Å². The lowest BCUT2D eigenvalue weighted by Gasteiger charge is -2.38. The molecule has 1 aliphatic rings. The smallest absolute Gasteiger partial charge is 0.257 e. The molecule has 2 aromatic heterocycles. The highest BCUT2D eigenvalue weighted by atomic mass is 16.5. The molecule has 0 aliphatic carbocycles. The number of carbonyl (C=O) groups excluding carboxylic acids is 1. The minimum absolute atomic E-state index is 0.00499. The molecule has 5 nitrogen and oxygen atoms in total. The van der Waals surface area contributed by atoms with Gasteiger partial charge in [-0.15, -0.1) is 0 Å². The highest BCUT2D eigenvalue weighted by Gasteiger charge is 2.34. The molecule has 104 valence electrons. The van der Waals surface area contributed by atoms with Gasteiger partial charge in [-0.2, -0.15) is 0 Å². The van der Waals surface area contributed by atoms with Gasteiger partial charge in [-0.1, -0.05) is 0 Å². The van der Waals surface area contributed by atoms with Crippen LogP contribution in [0.25, 0.3) is 0 Å². The maximum Gasteiger partial charge on any atom is 0.257 e. The zero-order valence-electron chi connectivity index (χ0n) is 11.5. The fourth-order valence-electron chi connectivity index (χ4n) is 2.30. The molecule has 0 bridgehead atoms. The van der Waals surface area contributed by atoms with E-state index in [2.05, 4.69) is 4.98 Å². The molecule has 3 rings (SSSR count). The highest BCUT2D eigenvalue weighted by Crippen LogP contribution is 2.22. The number of carbonyl (C=O) groups is 1. The SMILES string of the molecule is Cc1cc(C(=O)N2CC(Oc3cccnc3)C2)c(C)o1. The number of pyridine rings is 1. The molecular weight excluding hydrogens is 256 g/mol. The number of nitrogens with zero attached hydrogens (tertiary/aromatic N) is 2. The molecule has 0 radical (unpaired) electrons. The summed E-state index contributed by atoms with van der Waals surface area (Å²) in [5, 5.41) is 0. The van der Waals surface area contributed by atoms with Crippen LogP contribution >= 0.6 is 0 Å². The van der Waals surface area contributed by atoms with Gasteiger partial charge in [0.15, 0.2) is 0 Å². The summed E-state index contributed by atoms with van der Waals surface area (Å²) < 4.78 is 11.1. The van der Waals surface area contributed by atoms with Crippen LogP contribution in [-0.2, 0) is 0 Å². The molecule has 1 fully saturated rings. The van der Waals surface area contributed by atoms with E-state index in [0.29, 0.717) is 24.4 Å². The van der Waals surface area contributed by atoms with Crippen LogP contribution in [0.4, 0.5) is 0 Å². The average molecular weight is 272 g/mol. The second kappa shape index (κ2) is 5.00. The quantitative estimate of drug-likeness (QED) is 0.859. The Hall–Kier alpha value is -2.30. The molecule has 1 aliphatic heterocycles. The number of aromatic nitrogens is 1. The molecule has 5 heteroatoms. The number of rotatable bonds is 3. The van der Waals surface area contributed by atoms with Crippen LogP contribution in [-0.4, -0.2) is 35.0 Å². The van der Waals surface area contributed by atoms with Gasteiger partial charge >= 0.3 is 0 Å². The number of hydrogen-bond acceptors (Lipinski definition) is 4. The van der Waals surface area contributed by atoms with Crippen LogP contribution in [0.2, 0.25) is 0 Å². The first-order chi connectivity index (χ1) is 9.63. The van der Waals surface area contributed by atoms with E-state index in [0.717, 1.165) is 11.5 Å². The van der Waals surface area contributed by atoms with Crippen molar-refractivity contribution < 1.29 is 13.9 Å². The predicted octanol–water partition coefficient (Wildman–Crippen LogP) is 2.19. The zero-order chi connectivity index (χ0) is 14.1. The minimum Gasteiger partial charge on any atom is -0.485 e. The third-order valence-electron chi connectivity index (χ3n) is 3.34. The van der Waals surface area contributed by atoms with E-state index < -0.39 is 0 Å². The van der Waals surface area contributed by atoms with E-state index in [4.69, 9.17) is 9.15 Å². The van der Waals surface area contributed by atoms with Crippen LogP contribution in [0, 0.1) is 13.8 Å². The van der Waals surface area contributed by atoms with E-state index in [-0.39, 0.29) is 12.0 Å². The third kappa shape index (κ3) is 2.39. The fraction of sp³-hybridized carbons (Fsp3) is 0.333. The lowest BCUT2D eigenvalue weighted by Crippen LogP contribution is -2.56. The van der Waals surface area contributed by atoms with Crippen molar-refractivity contribution in [2.45, 2.75) is 20.0 Å². The van der Waals surface area contributed by atoms with Crippen molar-refractivity contribution >= 4 is 5.91 Å². The van der Waals surface area contributed by atoms with Crippen LogP contribution in [0.1, 0.15) is 21.9 Å². The van der Waals surface area contributed by atoms with E-state index in [1.54, 1.807) is 23.4 Å². The first-order valence-electron chi connectivity index (χ1n) is 6.56. The van der Waals surface area contributed by atoms with Crippen molar-refractivity contribution in [3.63, 3.8) is 0 Å². The molecule has 0 atom stereocenters. The second-order valence-electron chi connectivity index (χ2n) is 4.97. The van der Waals surface area contributed by atoms with E-state index in [1.165, 1.54) is 0 Å². The van der Waals surface area contributed by atoms with E-state index in [1.807, 2.05) is 26.0 Å². The molecule has 2 aromatic rings. The van der Waals surface area contributed by atoms with Crippen molar-refractivity contribution in [3.8, 4) is 5.75 Å². The Morgan fingerprint density at radius 3 is 2.85 bits per heavy atom. The van der Waals surface area contributed by atoms with Crippen molar-refractivity contribution in [2.24, 2.45) is 0 Å². The lowest BCUT2D eigenvalue weighted by atomic mass is 10.1. The Bertz CT molecular complexity index is 615. The van der Waals surface area contributed by atoms with Crippen LogP contribution in [0.5, 0.6) is 5.75 Å². The number of furan rings is 1. The normalized spacial score (nSPS) is 15.0. The van der Waals surface area contributed by atoms with Gasteiger partial charge in [-0.3, -0.25) is 9.78 Å². The Labute approximate surface area is 117 Å². The summed E-state index contributed by atoms with van der Waals surface area (Å²) in [5.41, 5.74) is 0.641. The summed E-state index contributed by atoms with van der Waals surface area (Å²) in [5.74, 6) is 2.17. The minimum atomic E-state index is 0.00499. The van der Waals surface area contributed by atoms with Crippen LogP contribution in [0.3, 0.4) is 0 Å². The molecule has 1 amide bonds. The van der Waals surface area contributed by atoms with Gasteiger partial charge in [0.2, 0.25) is 0 Å². The monoisotopic (exact) mass is 272 g/mol. The summed E-state index contributed by atoms with van der Waals surface area (Å²) in [6, 6.07) is 5.47. The van der Waals surface area contributed by atoms with E-state index >= 15 is 0 Å². The molecule has 1 saturated heterocycles. The zero-order valence-corrected chi connectivity index (χ0v) is 11.5. The molecule has 0 unspecified atom stereocenters. The number of amides is 1. The molecule has 0 saturated carbocycles. The van der Waals surface area contributed by atoms with Crippen LogP contribution < -0.4 is 4.74 Å². The summed E-state index contributed by atoms with van der Waals surface area (Å²) in [6.07, 6.45) is 3.41. The van der Waals surface area contributed by atoms with Gasteiger partial charge in [0.25, 0.3) is 5.91 Å². The first kappa shape index (κ1) is 12.7. The lowest BCUT2D eigenvalue weighted by molar-refractivity contribution is 0.0175. The number of ether oxygens (including phenoxy) is 1. The van der Waals surface area contributed by atoms with Crippen molar-refractivity contribution in [3.05, 3.63) is 47.7 Å². The van der Waals surface area contributed by atoms with Crippen molar-refractivity contribution in [2.75, 3.05) is 13.1 Å². The molecule has 0 spiro atoms. The number of likely N-dealkylation sites (tertiary alicyclic amines) is 1. The van der Waals surface area contributed by atoms with Gasteiger partial charge in [-0.25, -0.2) is 0 Å². The van der Waals surface area contributed by atoms with Crippen molar-refractivity contribution in [1.29, 1.82) is 0 Å². The maximum atomic E-state index is 12.3. The standard InChI is InChI=1S/C15H16N2O3/c1-10-6-14(11(2)19-10)15(18)17-8-13(9-17)20-12-4-3-5-16-7-12/h3-7,13H,8-9H2,1-2H3. The fourth-order valence-corrected chi connectivity index (χ4v) is 2.30. The Morgan fingerprint density at radius 1 is 1.45 bits per heavy atom. The second-order valence-corrected chi connectivity index (χ2v) is 4.97. The number of aryl methyl sites for hydroxylation is 2. The van der Waals surface area contributed by atoms with Gasteiger partial charge < -0.3 is 14.1 Å². The van der Waals surface area contributed by atoms with Gasteiger partial charge in [0, 0.05) is 6.20 Å². The summed E-state index contributed by atoms with van der Waals surface area (Å²) in [4.78, 5) is 18.0. The molecule has 0 aromatic carbocycles. The van der Waals surface area contributed by atoms with Crippen molar-refractivity contribution in [1.82, 2.24) is 9.88 Å². The Balaban J connectivity index is 1.58. The summed E-state index contributed by atoms with van der Waals surface area (Å²) in [6.45, 7) is 4.84. The maximum absolute atomic E-state index is 12.3. The Kier molecular flexibility index (Phi) is 3.18.